The van der Waals surface area contributed by atoms with Crippen LogP contribution in [0.2, 0.25) is 0 Å². The molecule has 1 N–H and O–H groups in total. The van der Waals surface area contributed by atoms with E-state index in [1.807, 2.05) is 60.1 Å². The van der Waals surface area contributed by atoms with Crippen molar-refractivity contribution in [2.75, 3.05) is 12.1 Å². The van der Waals surface area contributed by atoms with Gasteiger partial charge in [0, 0.05) is 28.8 Å². The zero-order valence-electron chi connectivity index (χ0n) is 15.7. The molecule has 5 rings (SSSR count). The highest BCUT2D eigenvalue weighted by Crippen LogP contribution is 2.36. The molecule has 3 heterocycles. The van der Waals surface area contributed by atoms with E-state index in [0.717, 1.165) is 28.3 Å². The van der Waals surface area contributed by atoms with Crippen LogP contribution in [0.1, 0.15) is 5.56 Å². The number of amides is 1. The quantitative estimate of drug-likeness (QED) is 0.489. The van der Waals surface area contributed by atoms with Gasteiger partial charge in [0.05, 0.1) is 17.6 Å². The average molecular weight is 416 g/mol. The molecule has 0 aliphatic carbocycles. The Hall–Kier alpha value is -3.91. The number of hydrogen-bond donors (Lipinski definition) is 1. The van der Waals surface area contributed by atoms with Gasteiger partial charge in [0.1, 0.15) is 0 Å². The predicted octanol–water partition coefficient (Wildman–Crippen LogP) is 4.38. The van der Waals surface area contributed by atoms with Crippen molar-refractivity contribution in [1.82, 2.24) is 14.8 Å². The topological polar surface area (TPSA) is 78.3 Å². The van der Waals surface area contributed by atoms with E-state index >= 15 is 0 Å². The molecule has 0 atom stereocenters. The van der Waals surface area contributed by atoms with E-state index in [4.69, 9.17) is 9.47 Å². The summed E-state index contributed by atoms with van der Waals surface area (Å²) in [5, 5.41) is 9.52. The molecular weight excluding hydrogens is 400 g/mol. The molecule has 4 aromatic rings. The number of thiazole rings is 1. The Morgan fingerprint density at radius 2 is 2.00 bits per heavy atom. The zero-order valence-corrected chi connectivity index (χ0v) is 16.5. The molecule has 0 radical (unpaired) electrons. The van der Waals surface area contributed by atoms with Gasteiger partial charge in [-0.15, -0.1) is 11.3 Å². The standard InChI is InChI=1S/C22H16N4O3S/c27-21(9-6-15-11-23-26(12-15)17-4-2-1-3-5-17)25-22-24-18(13-30-22)16-7-8-19-20(10-16)29-14-28-19/h1-13H,14H2,(H,24,25,27)/b9-6+. The van der Waals surface area contributed by atoms with Crippen LogP contribution in [-0.4, -0.2) is 27.5 Å². The molecule has 148 valence electrons. The number of rotatable bonds is 5. The lowest BCUT2D eigenvalue weighted by molar-refractivity contribution is -0.111. The van der Waals surface area contributed by atoms with Crippen LogP contribution in [-0.2, 0) is 4.79 Å². The predicted molar refractivity (Wildman–Crippen MR) is 115 cm³/mol. The van der Waals surface area contributed by atoms with Gasteiger partial charge in [-0.25, -0.2) is 9.67 Å². The molecule has 30 heavy (non-hydrogen) atoms. The van der Waals surface area contributed by atoms with Crippen LogP contribution in [0.4, 0.5) is 5.13 Å². The van der Waals surface area contributed by atoms with Gasteiger partial charge in [0.2, 0.25) is 12.7 Å². The SMILES string of the molecule is O=C(/C=C/c1cnn(-c2ccccc2)c1)Nc1nc(-c2ccc3c(c2)OCO3)cs1. The number of aromatic nitrogens is 3. The fourth-order valence-corrected chi connectivity index (χ4v) is 3.71. The number of benzene rings is 2. The summed E-state index contributed by atoms with van der Waals surface area (Å²) < 4.78 is 12.5. The van der Waals surface area contributed by atoms with Gasteiger partial charge >= 0.3 is 0 Å². The van der Waals surface area contributed by atoms with Crippen LogP contribution in [0.5, 0.6) is 11.5 Å². The van der Waals surface area contributed by atoms with E-state index in [0.29, 0.717) is 10.9 Å². The minimum Gasteiger partial charge on any atom is -0.454 e. The summed E-state index contributed by atoms with van der Waals surface area (Å²) in [6.45, 7) is 0.230. The highest BCUT2D eigenvalue weighted by Gasteiger charge is 2.15. The van der Waals surface area contributed by atoms with Crippen LogP contribution in [0.3, 0.4) is 0 Å². The van der Waals surface area contributed by atoms with Gasteiger partial charge in [0.15, 0.2) is 16.6 Å². The monoisotopic (exact) mass is 416 g/mol. The van der Waals surface area contributed by atoms with Crippen LogP contribution in [0.15, 0.2) is 72.4 Å². The van der Waals surface area contributed by atoms with E-state index < -0.39 is 0 Å². The molecule has 1 aliphatic heterocycles. The van der Waals surface area contributed by atoms with E-state index in [-0.39, 0.29) is 12.7 Å². The van der Waals surface area contributed by atoms with Crippen LogP contribution < -0.4 is 14.8 Å². The first-order chi connectivity index (χ1) is 14.7. The van der Waals surface area contributed by atoms with Crippen LogP contribution >= 0.6 is 11.3 Å². The maximum atomic E-state index is 12.3. The van der Waals surface area contributed by atoms with Gasteiger partial charge in [0.25, 0.3) is 0 Å². The van der Waals surface area contributed by atoms with Crippen molar-refractivity contribution in [2.45, 2.75) is 0 Å². The van der Waals surface area contributed by atoms with E-state index in [1.54, 1.807) is 17.0 Å². The molecule has 1 aliphatic rings. The number of para-hydroxylation sites is 1. The smallest absolute Gasteiger partial charge is 0.250 e. The molecule has 7 nitrogen and oxygen atoms in total. The second-order valence-electron chi connectivity index (χ2n) is 6.48. The number of nitrogens with one attached hydrogen (secondary N) is 1. The summed E-state index contributed by atoms with van der Waals surface area (Å²) >= 11 is 1.36. The minimum atomic E-state index is -0.256. The molecule has 0 fully saturated rings. The number of nitrogens with zero attached hydrogens (tertiary/aromatic N) is 3. The maximum Gasteiger partial charge on any atom is 0.250 e. The number of fused-ring (bicyclic) bond motifs is 1. The first kappa shape index (κ1) is 18.1. The molecule has 2 aromatic heterocycles. The Morgan fingerprint density at radius 3 is 2.90 bits per heavy atom. The second kappa shape index (κ2) is 7.84. The van der Waals surface area contributed by atoms with Crippen LogP contribution in [0.25, 0.3) is 23.0 Å². The molecule has 0 saturated carbocycles. The lowest BCUT2D eigenvalue weighted by Crippen LogP contribution is -2.07. The molecule has 0 saturated heterocycles. The lowest BCUT2D eigenvalue weighted by Gasteiger charge is -2.00. The summed E-state index contributed by atoms with van der Waals surface area (Å²) in [7, 11) is 0. The highest BCUT2D eigenvalue weighted by molar-refractivity contribution is 7.14. The number of ether oxygens (including phenoxy) is 2. The summed E-state index contributed by atoms with van der Waals surface area (Å²) in [6, 6.07) is 15.4. The fourth-order valence-electron chi connectivity index (χ4n) is 2.98. The first-order valence-corrected chi connectivity index (χ1v) is 10.1. The summed E-state index contributed by atoms with van der Waals surface area (Å²) in [6.07, 6.45) is 6.75. The van der Waals surface area contributed by atoms with Gasteiger partial charge < -0.3 is 9.47 Å². The van der Waals surface area contributed by atoms with Crippen molar-refractivity contribution in [3.63, 3.8) is 0 Å². The fraction of sp³-hybridized carbons (Fsp3) is 0.0455. The Bertz CT molecular complexity index is 1230. The first-order valence-electron chi connectivity index (χ1n) is 9.19. The van der Waals surface area contributed by atoms with Crippen molar-refractivity contribution in [3.05, 3.63) is 77.9 Å². The van der Waals surface area contributed by atoms with Crippen molar-refractivity contribution < 1.29 is 14.3 Å². The van der Waals surface area contributed by atoms with E-state index in [9.17, 15) is 4.79 Å². The summed E-state index contributed by atoms with van der Waals surface area (Å²) in [5.41, 5.74) is 3.45. The molecule has 2 aromatic carbocycles. The van der Waals surface area contributed by atoms with Crippen molar-refractivity contribution in [3.8, 4) is 28.4 Å². The van der Waals surface area contributed by atoms with Crippen LogP contribution in [0, 0.1) is 0 Å². The third-order valence-corrected chi connectivity index (χ3v) is 5.21. The molecule has 8 heteroatoms. The third-order valence-electron chi connectivity index (χ3n) is 4.45. The summed E-state index contributed by atoms with van der Waals surface area (Å²) in [5.74, 6) is 1.17. The Morgan fingerprint density at radius 1 is 1.13 bits per heavy atom. The van der Waals surface area contributed by atoms with Gasteiger partial charge in [-0.2, -0.15) is 5.10 Å². The Balaban J connectivity index is 1.24. The highest BCUT2D eigenvalue weighted by atomic mass is 32.1. The molecule has 0 unspecified atom stereocenters. The molecular formula is C22H16N4O3S. The lowest BCUT2D eigenvalue weighted by atomic mass is 10.1. The average Bonchev–Trinajstić information content (AvgIpc) is 3.53. The Kier molecular flexibility index (Phi) is 4.74. The maximum absolute atomic E-state index is 12.3. The van der Waals surface area contributed by atoms with Gasteiger partial charge in [-0.05, 0) is 36.4 Å². The number of hydrogen-bond acceptors (Lipinski definition) is 6. The zero-order chi connectivity index (χ0) is 20.3. The van der Waals surface area contributed by atoms with Crippen molar-refractivity contribution >= 4 is 28.5 Å². The minimum absolute atomic E-state index is 0.230. The van der Waals surface area contributed by atoms with Crippen molar-refractivity contribution in [1.29, 1.82) is 0 Å². The second-order valence-corrected chi connectivity index (χ2v) is 7.34. The number of carbonyl (C=O) groups excluding carboxylic acids is 1. The van der Waals surface area contributed by atoms with E-state index in [1.165, 1.54) is 17.4 Å². The summed E-state index contributed by atoms with van der Waals surface area (Å²) in [4.78, 5) is 16.8. The van der Waals surface area contributed by atoms with E-state index in [2.05, 4.69) is 15.4 Å². The normalized spacial score (nSPS) is 12.4. The van der Waals surface area contributed by atoms with Gasteiger partial charge in [-0.1, -0.05) is 18.2 Å². The molecule has 0 spiro atoms. The molecule has 1 amide bonds. The largest absolute Gasteiger partial charge is 0.454 e. The number of carbonyl (C=O) groups is 1. The Labute approximate surface area is 176 Å². The van der Waals surface area contributed by atoms with Gasteiger partial charge in [-0.3, -0.25) is 10.1 Å². The number of anilines is 1. The third kappa shape index (κ3) is 3.81. The molecule has 0 bridgehead atoms. The van der Waals surface area contributed by atoms with Crippen molar-refractivity contribution in [2.24, 2.45) is 0 Å².